The van der Waals surface area contributed by atoms with Gasteiger partial charge in [0.05, 0.1) is 7.11 Å². The lowest BCUT2D eigenvalue weighted by atomic mass is 9.96. The van der Waals surface area contributed by atoms with E-state index in [1.807, 2.05) is 17.0 Å². The molecule has 0 radical (unpaired) electrons. The number of ether oxygens (including phenoxy) is 1. The van der Waals surface area contributed by atoms with Gasteiger partial charge >= 0.3 is 6.03 Å². The maximum absolute atomic E-state index is 12.4. The third-order valence-electron chi connectivity index (χ3n) is 5.13. The number of piperazine rings is 1. The zero-order valence-electron chi connectivity index (χ0n) is 14.7. The van der Waals surface area contributed by atoms with Crippen molar-refractivity contribution in [2.45, 2.75) is 44.7 Å². The Hall–Kier alpha value is -1.75. The van der Waals surface area contributed by atoms with Crippen LogP contribution in [0.4, 0.5) is 4.79 Å². The van der Waals surface area contributed by atoms with Crippen LogP contribution in [0.3, 0.4) is 0 Å². The molecule has 2 amide bonds. The summed E-state index contributed by atoms with van der Waals surface area (Å²) in [5, 5.41) is 3.22. The van der Waals surface area contributed by atoms with Gasteiger partial charge in [0, 0.05) is 38.8 Å². The normalized spacial score (nSPS) is 20.0. The molecule has 1 aromatic carbocycles. The van der Waals surface area contributed by atoms with Crippen molar-refractivity contribution < 1.29 is 9.53 Å². The molecule has 5 nitrogen and oxygen atoms in total. The van der Waals surface area contributed by atoms with E-state index < -0.39 is 0 Å². The number of nitrogens with one attached hydrogen (secondary N) is 1. The van der Waals surface area contributed by atoms with Crippen LogP contribution in [-0.2, 0) is 6.54 Å². The summed E-state index contributed by atoms with van der Waals surface area (Å²) in [6.45, 7) is 4.38. The summed E-state index contributed by atoms with van der Waals surface area (Å²) in [5.74, 6) is 0.901. The fourth-order valence-electron chi connectivity index (χ4n) is 3.65. The van der Waals surface area contributed by atoms with Gasteiger partial charge in [0.2, 0.25) is 0 Å². The van der Waals surface area contributed by atoms with E-state index >= 15 is 0 Å². The van der Waals surface area contributed by atoms with E-state index in [9.17, 15) is 4.79 Å². The molecular weight excluding hydrogens is 302 g/mol. The van der Waals surface area contributed by atoms with E-state index in [1.165, 1.54) is 24.8 Å². The van der Waals surface area contributed by atoms with Crippen LogP contribution in [0.25, 0.3) is 0 Å². The van der Waals surface area contributed by atoms with Gasteiger partial charge in [0.15, 0.2) is 0 Å². The van der Waals surface area contributed by atoms with Crippen LogP contribution in [0, 0.1) is 0 Å². The fourth-order valence-corrected chi connectivity index (χ4v) is 3.65. The SMILES string of the molecule is COc1cccc(CN2CCN(C(=O)NC3CCCCC3)CC2)c1. The Morgan fingerprint density at radius 3 is 2.62 bits per heavy atom. The molecule has 1 aliphatic carbocycles. The first kappa shape index (κ1) is 17.1. The third-order valence-corrected chi connectivity index (χ3v) is 5.13. The molecule has 0 unspecified atom stereocenters. The van der Waals surface area contributed by atoms with Crippen LogP contribution >= 0.6 is 0 Å². The molecule has 1 heterocycles. The molecule has 3 rings (SSSR count). The van der Waals surface area contributed by atoms with Gasteiger partial charge in [0.25, 0.3) is 0 Å². The van der Waals surface area contributed by atoms with Gasteiger partial charge in [-0.15, -0.1) is 0 Å². The summed E-state index contributed by atoms with van der Waals surface area (Å²) in [5.41, 5.74) is 1.26. The van der Waals surface area contributed by atoms with Crippen LogP contribution in [0.2, 0.25) is 0 Å². The molecular formula is C19H29N3O2. The topological polar surface area (TPSA) is 44.8 Å². The lowest BCUT2D eigenvalue weighted by Gasteiger charge is -2.36. The van der Waals surface area contributed by atoms with Gasteiger partial charge in [-0.3, -0.25) is 4.90 Å². The molecule has 0 aromatic heterocycles. The average Bonchev–Trinajstić information content (AvgIpc) is 2.63. The summed E-state index contributed by atoms with van der Waals surface area (Å²) in [6, 6.07) is 8.73. The highest BCUT2D eigenvalue weighted by molar-refractivity contribution is 5.74. The minimum Gasteiger partial charge on any atom is -0.497 e. The number of hydrogen-bond donors (Lipinski definition) is 1. The second-order valence-electron chi connectivity index (χ2n) is 6.90. The molecule has 1 aliphatic heterocycles. The molecule has 24 heavy (non-hydrogen) atoms. The molecule has 0 bridgehead atoms. The zero-order chi connectivity index (χ0) is 16.8. The van der Waals surface area contributed by atoms with E-state index in [1.54, 1.807) is 7.11 Å². The number of hydrogen-bond acceptors (Lipinski definition) is 3. The van der Waals surface area contributed by atoms with Crippen LogP contribution in [0.5, 0.6) is 5.75 Å². The van der Waals surface area contributed by atoms with Crippen molar-refractivity contribution in [3.8, 4) is 5.75 Å². The first-order valence-electron chi connectivity index (χ1n) is 9.15. The van der Waals surface area contributed by atoms with Crippen molar-refractivity contribution in [2.24, 2.45) is 0 Å². The number of methoxy groups -OCH3 is 1. The highest BCUT2D eigenvalue weighted by Gasteiger charge is 2.23. The predicted octanol–water partition coefficient (Wildman–Crippen LogP) is 2.86. The van der Waals surface area contributed by atoms with Gasteiger partial charge in [-0.2, -0.15) is 0 Å². The number of rotatable bonds is 4. The van der Waals surface area contributed by atoms with Gasteiger partial charge in [-0.1, -0.05) is 31.4 Å². The zero-order valence-corrected chi connectivity index (χ0v) is 14.7. The Kier molecular flexibility index (Phi) is 5.96. The van der Waals surface area contributed by atoms with E-state index in [0.717, 1.165) is 51.3 Å². The van der Waals surface area contributed by atoms with Crippen LogP contribution in [-0.4, -0.2) is 55.2 Å². The van der Waals surface area contributed by atoms with E-state index in [0.29, 0.717) is 6.04 Å². The van der Waals surface area contributed by atoms with Gasteiger partial charge in [-0.05, 0) is 30.5 Å². The second kappa shape index (κ2) is 8.38. The van der Waals surface area contributed by atoms with Crippen LogP contribution in [0.1, 0.15) is 37.7 Å². The molecule has 132 valence electrons. The van der Waals surface area contributed by atoms with Crippen LogP contribution in [0.15, 0.2) is 24.3 Å². The van der Waals surface area contributed by atoms with Gasteiger partial charge < -0.3 is 15.0 Å². The minimum absolute atomic E-state index is 0.128. The third kappa shape index (κ3) is 4.63. The second-order valence-corrected chi connectivity index (χ2v) is 6.90. The molecule has 1 saturated heterocycles. The number of benzene rings is 1. The fraction of sp³-hybridized carbons (Fsp3) is 0.632. The number of urea groups is 1. The minimum atomic E-state index is 0.128. The van der Waals surface area contributed by atoms with Crippen molar-refractivity contribution >= 4 is 6.03 Å². The summed E-state index contributed by atoms with van der Waals surface area (Å²) in [7, 11) is 1.70. The lowest BCUT2D eigenvalue weighted by molar-refractivity contribution is 0.132. The number of carbonyl (C=O) groups excluding carboxylic acids is 1. The summed E-state index contributed by atoms with van der Waals surface area (Å²) in [6.07, 6.45) is 6.09. The number of nitrogens with zero attached hydrogens (tertiary/aromatic N) is 2. The summed E-state index contributed by atoms with van der Waals surface area (Å²) >= 11 is 0. The van der Waals surface area contributed by atoms with Crippen LogP contribution < -0.4 is 10.1 Å². The highest BCUT2D eigenvalue weighted by atomic mass is 16.5. The van der Waals surface area contributed by atoms with Gasteiger partial charge in [-0.25, -0.2) is 4.79 Å². The monoisotopic (exact) mass is 331 g/mol. The largest absolute Gasteiger partial charge is 0.497 e. The Labute approximate surface area is 145 Å². The lowest BCUT2D eigenvalue weighted by Crippen LogP contribution is -2.53. The van der Waals surface area contributed by atoms with Crippen molar-refractivity contribution in [2.75, 3.05) is 33.3 Å². The Bertz CT molecular complexity index is 535. The maximum Gasteiger partial charge on any atom is 0.317 e. The molecule has 5 heteroatoms. The molecule has 0 spiro atoms. The molecule has 0 atom stereocenters. The Morgan fingerprint density at radius 2 is 1.92 bits per heavy atom. The quantitative estimate of drug-likeness (QED) is 0.923. The van der Waals surface area contributed by atoms with E-state index in [4.69, 9.17) is 4.74 Å². The average molecular weight is 331 g/mol. The van der Waals surface area contributed by atoms with Crippen molar-refractivity contribution in [1.29, 1.82) is 0 Å². The van der Waals surface area contributed by atoms with Crippen molar-refractivity contribution in [1.82, 2.24) is 15.1 Å². The van der Waals surface area contributed by atoms with Gasteiger partial charge in [0.1, 0.15) is 5.75 Å². The smallest absolute Gasteiger partial charge is 0.317 e. The molecule has 2 aliphatic rings. The van der Waals surface area contributed by atoms with Crippen molar-refractivity contribution in [3.63, 3.8) is 0 Å². The molecule has 1 N–H and O–H groups in total. The first-order valence-corrected chi connectivity index (χ1v) is 9.15. The first-order chi connectivity index (χ1) is 11.7. The van der Waals surface area contributed by atoms with E-state index in [2.05, 4.69) is 22.3 Å². The number of carbonyl (C=O) groups is 1. The molecule has 2 fully saturated rings. The Morgan fingerprint density at radius 1 is 1.17 bits per heavy atom. The highest BCUT2D eigenvalue weighted by Crippen LogP contribution is 2.18. The summed E-state index contributed by atoms with van der Waals surface area (Å²) < 4.78 is 5.29. The predicted molar refractivity (Wildman–Crippen MR) is 95.2 cm³/mol. The van der Waals surface area contributed by atoms with E-state index in [-0.39, 0.29) is 6.03 Å². The summed E-state index contributed by atoms with van der Waals surface area (Å²) in [4.78, 5) is 16.8. The molecule has 1 saturated carbocycles. The Balaban J connectivity index is 1.44. The number of amides is 2. The maximum atomic E-state index is 12.4. The van der Waals surface area contributed by atoms with Crippen molar-refractivity contribution in [3.05, 3.63) is 29.8 Å². The molecule has 1 aromatic rings. The standard InChI is InChI=1S/C19H29N3O2/c1-24-18-9-5-6-16(14-18)15-21-10-12-22(13-11-21)19(23)20-17-7-3-2-4-8-17/h5-6,9,14,17H,2-4,7-8,10-13,15H2,1H3,(H,20,23).